The molecule has 1 aromatic carbocycles. The number of nitrogens with zero attached hydrogens (tertiary/aromatic N) is 1. The Kier molecular flexibility index (Phi) is 5.17. The molecule has 2 aliphatic heterocycles. The first kappa shape index (κ1) is 14.0. The molecule has 0 aliphatic carbocycles. The topological polar surface area (TPSA) is 12.5 Å². The van der Waals surface area contributed by atoms with E-state index in [9.17, 15) is 0 Å². The zero-order valence-electron chi connectivity index (χ0n) is 11.7. The molecule has 0 saturated carbocycles. The maximum atomic E-state index is 6.25. The molecule has 2 heterocycles. The molecule has 0 bridgehead atoms. The van der Waals surface area contributed by atoms with Gasteiger partial charge in [-0.3, -0.25) is 4.67 Å². The third-order valence-corrected chi connectivity index (χ3v) is 5.62. The first-order valence-electron chi connectivity index (χ1n) is 7.16. The van der Waals surface area contributed by atoms with E-state index in [2.05, 4.69) is 41.9 Å². The molecular formula is C15H24NOP. The van der Waals surface area contributed by atoms with E-state index in [0.717, 1.165) is 6.16 Å². The van der Waals surface area contributed by atoms with Crippen molar-refractivity contribution in [3.05, 3.63) is 35.9 Å². The van der Waals surface area contributed by atoms with E-state index in [0.29, 0.717) is 12.1 Å². The fourth-order valence-electron chi connectivity index (χ4n) is 2.81. The van der Waals surface area contributed by atoms with Gasteiger partial charge in [0, 0.05) is 18.7 Å². The lowest BCUT2D eigenvalue weighted by molar-refractivity contribution is 0.214. The van der Waals surface area contributed by atoms with Crippen LogP contribution in [0.25, 0.3) is 0 Å². The van der Waals surface area contributed by atoms with Crippen LogP contribution in [0.15, 0.2) is 30.3 Å². The minimum atomic E-state index is -0.313. The zero-order valence-corrected chi connectivity index (χ0v) is 12.6. The van der Waals surface area contributed by atoms with Crippen molar-refractivity contribution in [2.45, 2.75) is 45.8 Å². The number of rotatable bonds is 2. The summed E-state index contributed by atoms with van der Waals surface area (Å²) in [6.45, 7) is 7.49. The Balaban J connectivity index is 0.000000574. The maximum absolute atomic E-state index is 6.25. The van der Waals surface area contributed by atoms with Crippen LogP contribution in [0.5, 0.6) is 0 Å². The molecule has 18 heavy (non-hydrogen) atoms. The van der Waals surface area contributed by atoms with Gasteiger partial charge in [-0.05, 0) is 18.4 Å². The SMILES string of the molecule is CC.CCP1OC(c2ccccc2)C2CCCN21. The summed E-state index contributed by atoms with van der Waals surface area (Å²) in [5, 5.41) is 0. The molecule has 3 heteroatoms. The molecule has 3 rings (SSSR count). The molecule has 2 nitrogen and oxygen atoms in total. The predicted molar refractivity (Wildman–Crippen MR) is 78.8 cm³/mol. The molecule has 2 fully saturated rings. The lowest BCUT2D eigenvalue weighted by Gasteiger charge is -2.19. The quantitative estimate of drug-likeness (QED) is 0.726. The van der Waals surface area contributed by atoms with E-state index < -0.39 is 0 Å². The summed E-state index contributed by atoms with van der Waals surface area (Å²) in [6.07, 6.45) is 4.14. The van der Waals surface area contributed by atoms with Gasteiger partial charge < -0.3 is 4.52 Å². The van der Waals surface area contributed by atoms with Crippen molar-refractivity contribution in [2.75, 3.05) is 12.7 Å². The van der Waals surface area contributed by atoms with E-state index in [1.807, 2.05) is 13.8 Å². The summed E-state index contributed by atoms with van der Waals surface area (Å²) >= 11 is 0. The molecule has 100 valence electrons. The van der Waals surface area contributed by atoms with Crippen molar-refractivity contribution >= 4 is 8.30 Å². The van der Waals surface area contributed by atoms with E-state index in [-0.39, 0.29) is 8.30 Å². The van der Waals surface area contributed by atoms with E-state index in [1.54, 1.807) is 0 Å². The highest BCUT2D eigenvalue weighted by Crippen LogP contribution is 2.59. The van der Waals surface area contributed by atoms with E-state index in [1.165, 1.54) is 24.9 Å². The van der Waals surface area contributed by atoms with Crippen LogP contribution in [-0.4, -0.2) is 23.4 Å². The van der Waals surface area contributed by atoms with Crippen molar-refractivity contribution in [1.82, 2.24) is 4.67 Å². The molecule has 0 aromatic heterocycles. The third-order valence-electron chi connectivity index (χ3n) is 3.54. The van der Waals surface area contributed by atoms with Crippen LogP contribution >= 0.6 is 8.30 Å². The van der Waals surface area contributed by atoms with Crippen molar-refractivity contribution < 1.29 is 4.52 Å². The van der Waals surface area contributed by atoms with Crippen LogP contribution in [0.3, 0.4) is 0 Å². The fourth-order valence-corrected chi connectivity index (χ4v) is 4.90. The summed E-state index contributed by atoms with van der Waals surface area (Å²) in [7, 11) is -0.313. The molecule has 2 saturated heterocycles. The van der Waals surface area contributed by atoms with Crippen LogP contribution in [0.2, 0.25) is 0 Å². The molecule has 0 spiro atoms. The van der Waals surface area contributed by atoms with Gasteiger partial charge in [-0.2, -0.15) is 0 Å². The van der Waals surface area contributed by atoms with Gasteiger partial charge in [0.2, 0.25) is 0 Å². The number of hydrogen-bond acceptors (Lipinski definition) is 2. The molecule has 0 N–H and O–H groups in total. The second kappa shape index (κ2) is 6.65. The van der Waals surface area contributed by atoms with Crippen molar-refractivity contribution in [3.63, 3.8) is 0 Å². The van der Waals surface area contributed by atoms with Gasteiger partial charge in [0.25, 0.3) is 0 Å². The Bertz CT molecular complexity index is 357. The van der Waals surface area contributed by atoms with Gasteiger partial charge in [0.05, 0.1) is 0 Å². The van der Waals surface area contributed by atoms with Gasteiger partial charge in [-0.1, -0.05) is 51.1 Å². The van der Waals surface area contributed by atoms with Crippen LogP contribution in [0, 0.1) is 0 Å². The van der Waals surface area contributed by atoms with Crippen LogP contribution in [0.4, 0.5) is 0 Å². The fraction of sp³-hybridized carbons (Fsp3) is 0.600. The lowest BCUT2D eigenvalue weighted by atomic mass is 10.0. The standard InChI is InChI=1S/C13H18NOP.C2H6/c1-2-16-14-10-6-9-12(14)13(15-16)11-7-4-3-5-8-11;1-2/h3-5,7-8,12-13H,2,6,9-10H2,1H3;1-2H3. The Hall–Kier alpha value is -0.430. The number of hydrogen-bond donors (Lipinski definition) is 0. The number of fused-ring (bicyclic) bond motifs is 1. The average Bonchev–Trinajstić information content (AvgIpc) is 3.03. The highest BCUT2D eigenvalue weighted by molar-refractivity contribution is 7.50. The smallest absolute Gasteiger partial charge is 0.105 e. The Morgan fingerprint density at radius 2 is 2.00 bits per heavy atom. The summed E-state index contributed by atoms with van der Waals surface area (Å²) in [6, 6.07) is 11.4. The highest BCUT2D eigenvalue weighted by Gasteiger charge is 2.44. The predicted octanol–water partition coefficient (Wildman–Crippen LogP) is 4.58. The van der Waals surface area contributed by atoms with Gasteiger partial charge in [0.1, 0.15) is 14.4 Å². The van der Waals surface area contributed by atoms with E-state index in [4.69, 9.17) is 4.52 Å². The average molecular weight is 265 g/mol. The molecule has 1 aromatic rings. The minimum absolute atomic E-state index is 0.313. The Labute approximate surface area is 112 Å². The Morgan fingerprint density at radius 3 is 2.67 bits per heavy atom. The maximum Gasteiger partial charge on any atom is 0.105 e. The summed E-state index contributed by atoms with van der Waals surface area (Å²) in [4.78, 5) is 0. The first-order valence-corrected chi connectivity index (χ1v) is 8.55. The van der Waals surface area contributed by atoms with Gasteiger partial charge in [0.15, 0.2) is 0 Å². The largest absolute Gasteiger partial charge is 0.334 e. The monoisotopic (exact) mass is 265 g/mol. The van der Waals surface area contributed by atoms with Crippen molar-refractivity contribution in [1.29, 1.82) is 0 Å². The summed E-state index contributed by atoms with van der Waals surface area (Å²) in [5.74, 6) is 0. The van der Waals surface area contributed by atoms with Crippen LogP contribution in [0.1, 0.15) is 45.3 Å². The molecule has 0 radical (unpaired) electrons. The zero-order chi connectivity index (χ0) is 13.0. The van der Waals surface area contributed by atoms with Crippen molar-refractivity contribution in [2.24, 2.45) is 0 Å². The second-order valence-corrected chi connectivity index (χ2v) is 6.54. The highest BCUT2D eigenvalue weighted by atomic mass is 31.2. The molecular weight excluding hydrogens is 241 g/mol. The Morgan fingerprint density at radius 1 is 1.28 bits per heavy atom. The molecule has 3 unspecified atom stereocenters. The van der Waals surface area contributed by atoms with Crippen molar-refractivity contribution in [3.8, 4) is 0 Å². The summed E-state index contributed by atoms with van der Waals surface area (Å²) < 4.78 is 8.87. The molecule has 3 atom stereocenters. The van der Waals surface area contributed by atoms with Gasteiger partial charge in [-0.15, -0.1) is 0 Å². The van der Waals surface area contributed by atoms with Gasteiger partial charge in [-0.25, -0.2) is 0 Å². The number of benzene rings is 1. The minimum Gasteiger partial charge on any atom is -0.334 e. The molecule has 0 amide bonds. The van der Waals surface area contributed by atoms with Crippen LogP contribution in [-0.2, 0) is 4.52 Å². The normalized spacial score (nSPS) is 30.7. The van der Waals surface area contributed by atoms with E-state index >= 15 is 0 Å². The summed E-state index contributed by atoms with van der Waals surface area (Å²) in [5.41, 5.74) is 1.36. The molecule has 2 aliphatic rings. The lowest BCUT2D eigenvalue weighted by Crippen LogP contribution is -2.22. The first-order chi connectivity index (χ1) is 8.90. The van der Waals surface area contributed by atoms with Crippen LogP contribution < -0.4 is 0 Å². The second-order valence-electron chi connectivity index (χ2n) is 4.48. The third kappa shape index (κ3) is 2.61. The van der Waals surface area contributed by atoms with Gasteiger partial charge >= 0.3 is 0 Å².